The van der Waals surface area contributed by atoms with E-state index in [0.717, 1.165) is 12.1 Å². The molecule has 3 saturated heterocycles. The van der Waals surface area contributed by atoms with Crippen molar-refractivity contribution in [1.82, 2.24) is 60.3 Å². The molecule has 27 nitrogen and oxygen atoms in total. The average molecular weight is 1780 g/mol. The number of amidine groups is 3. The number of carboxylic acids is 3. The molecule has 0 aliphatic carbocycles. The van der Waals surface area contributed by atoms with Crippen LogP contribution in [0.1, 0.15) is 89.9 Å². The van der Waals surface area contributed by atoms with Crippen molar-refractivity contribution < 1.29 is 93.4 Å². The summed E-state index contributed by atoms with van der Waals surface area (Å²) < 4.78 is 131. The molecule has 624 valence electrons. The molecule has 6 N–H and O–H groups in total. The number of alkyl halides is 5. The number of likely N-dealkylation sites (tertiary alicyclic amines) is 3. The monoisotopic (exact) mass is 1780 g/mol. The normalized spacial score (nSPS) is 21.4. The zero-order valence-electron chi connectivity index (χ0n) is 63.2. The molecule has 6 aliphatic rings. The third kappa shape index (κ3) is 23.6. The lowest BCUT2D eigenvalue weighted by Crippen LogP contribution is -2.45. The quantitative estimate of drug-likeness (QED) is 0.0139. The minimum atomic E-state index is -3.01. The molecule has 6 aromatic rings. The summed E-state index contributed by atoms with van der Waals surface area (Å²) in [5, 5.41) is 43.8. The van der Waals surface area contributed by atoms with Gasteiger partial charge in [0.05, 0.1) is 69.3 Å². The molecule has 0 saturated carbocycles. The van der Waals surface area contributed by atoms with Crippen molar-refractivity contribution in [2.75, 3.05) is 120 Å². The fraction of sp³-hybridized carbons (Fsp3) is 0.440. The Morgan fingerprint density at radius 3 is 1.17 bits per heavy atom. The number of carbonyl (C=O) groups excluding carboxylic acids is 3. The van der Waals surface area contributed by atoms with Crippen LogP contribution in [0.3, 0.4) is 0 Å². The van der Waals surface area contributed by atoms with Crippen molar-refractivity contribution in [2.24, 2.45) is 15.0 Å². The van der Waals surface area contributed by atoms with Gasteiger partial charge in [0.1, 0.15) is 41.7 Å². The van der Waals surface area contributed by atoms with E-state index in [0.29, 0.717) is 71.6 Å². The van der Waals surface area contributed by atoms with Crippen molar-refractivity contribution in [2.45, 2.75) is 94.3 Å². The number of aromatic nitrogens is 3. The van der Waals surface area contributed by atoms with Crippen LogP contribution in [0.2, 0.25) is 10.0 Å². The van der Waals surface area contributed by atoms with Crippen LogP contribution in [-0.4, -0.2) is 269 Å². The van der Waals surface area contributed by atoms with E-state index in [2.05, 4.69) is 51.8 Å². The number of aliphatic carboxylic acids is 3. The van der Waals surface area contributed by atoms with Crippen molar-refractivity contribution in [1.29, 1.82) is 0 Å². The zero-order valence-corrected chi connectivity index (χ0v) is 68.7. The minimum absolute atomic E-state index is 0.0335. The first-order valence-corrected chi connectivity index (χ1v) is 40.4. The van der Waals surface area contributed by atoms with Gasteiger partial charge in [0.15, 0.2) is 32.5 Å². The zero-order chi connectivity index (χ0) is 84.0. The van der Waals surface area contributed by atoms with E-state index in [-0.39, 0.29) is 124 Å². The Morgan fingerprint density at radius 2 is 0.853 bits per heavy atom. The maximum Gasteiger partial charge on any atom is 0.338 e. The van der Waals surface area contributed by atoms with Gasteiger partial charge in [0, 0.05) is 154 Å². The van der Waals surface area contributed by atoms with Crippen LogP contribution in [0.5, 0.6) is 0 Å². The Labute approximate surface area is 691 Å². The molecule has 9 heterocycles. The number of rotatable bonds is 30. The van der Waals surface area contributed by atoms with E-state index in [9.17, 15) is 63.9 Å². The van der Waals surface area contributed by atoms with Crippen molar-refractivity contribution in [3.05, 3.63) is 187 Å². The van der Waals surface area contributed by atoms with Gasteiger partial charge >= 0.3 is 35.8 Å². The maximum absolute atomic E-state index is 14.6. The number of halogens is 11. The van der Waals surface area contributed by atoms with Gasteiger partial charge in [0.25, 0.3) is 11.8 Å². The summed E-state index contributed by atoms with van der Waals surface area (Å²) >= 11 is 20.1. The number of ether oxygens (including phenoxy) is 3. The van der Waals surface area contributed by atoms with Gasteiger partial charge in [-0.2, -0.15) is 0 Å². The molecule has 3 aromatic heterocycles. The number of carboxylic acid groups (broad SMARTS) is 3. The summed E-state index contributed by atoms with van der Waals surface area (Å²) in [7, 11) is 4.77. The van der Waals surface area contributed by atoms with Gasteiger partial charge in [-0.05, 0) is 90.3 Å². The van der Waals surface area contributed by atoms with Crippen LogP contribution < -0.4 is 16.0 Å². The Hall–Kier alpha value is -8.74. The average Bonchev–Trinajstić information content (AvgIpc) is 1.29. The smallest absolute Gasteiger partial charge is 0.338 e. The van der Waals surface area contributed by atoms with Crippen LogP contribution in [0.25, 0.3) is 0 Å². The molecular weight excluding hydrogens is 1700 g/mol. The number of aliphatic imine (C=N–C) groups is 3. The first-order chi connectivity index (χ1) is 55.1. The van der Waals surface area contributed by atoms with Crippen LogP contribution in [0, 0.1) is 17.5 Å². The van der Waals surface area contributed by atoms with E-state index in [1.54, 1.807) is 81.5 Å². The highest BCUT2D eigenvalue weighted by atomic mass is 79.9. The predicted molar refractivity (Wildman–Crippen MR) is 422 cm³/mol. The molecule has 7 atom stereocenters. The molecule has 0 radical (unpaired) electrons. The van der Waals surface area contributed by atoms with E-state index >= 15 is 0 Å². The molecule has 0 spiro atoms. The van der Waals surface area contributed by atoms with Crippen LogP contribution in [0.4, 0.5) is 35.1 Å². The first-order valence-electron chi connectivity index (χ1n) is 36.2. The second kappa shape index (κ2) is 40.1. The summed E-state index contributed by atoms with van der Waals surface area (Å²) in [5.74, 6) is -11.7. The molecule has 6 aliphatic heterocycles. The van der Waals surface area contributed by atoms with Crippen LogP contribution in [0.15, 0.2) is 143 Å². The lowest BCUT2D eigenvalue weighted by Gasteiger charge is -2.32. The highest BCUT2D eigenvalue weighted by Crippen LogP contribution is 2.43. The highest BCUT2D eigenvalue weighted by molar-refractivity contribution is 9.10. The second-order valence-electron chi connectivity index (χ2n) is 27.8. The van der Waals surface area contributed by atoms with Crippen molar-refractivity contribution in [3.8, 4) is 0 Å². The lowest BCUT2D eigenvalue weighted by molar-refractivity contribution is -0.139. The molecule has 0 bridgehead atoms. The standard InChI is InChI=1S/C25H27BrF3N5O4S.C25H27ClF3N5O4S.C25H28ClF2N5O4S/c2*1-3-38-24(37)20-18(11-34-13-25(28,29)9-15(34)10-33(2)12-19(35)36)31-22(23-30-6-7-39-23)32-21(20)16-5-4-14(27)8-17(16)26;1-3-37-25(36)21-19(12-33-10-15(28)8-16(33)11-32(2)13-20(34)35)30-23(24-29-6-7-38-24)31-22(21)17-5-4-14(27)9-18(17)26/h2*4-8,15,21H,3,9-13H2,1-2H3,(H,31,32)(H,35,36);4-7,9,15-16,22H,3,8,10-13H2,1-2H3,(H,30,31)(H,34,35)/t2*15?,21-;15?,16?,22-/m000/s1. The summed E-state index contributed by atoms with van der Waals surface area (Å²) in [6.45, 7) is 3.78. The van der Waals surface area contributed by atoms with Crippen LogP contribution in [-0.2, 0) is 43.0 Å². The molecule has 3 aromatic carbocycles. The SMILES string of the molecule is CCOC(=O)C1=C(CN2CC(F)(F)CC2CN(C)CC(=O)O)NC(c2nccs2)=N[C@H]1c1ccc(F)cc1Br.CCOC(=O)C1=C(CN2CC(F)(F)CC2CN(C)CC(=O)O)NC(c2nccs2)=N[C@H]1c1ccc(F)cc1Cl.CCOC(=O)C1=C(CN2CC(F)CC2CN(C)CC(=O)O)NC(c2nccs2)=N[C@H]1c1ccc(F)cc1Cl. The van der Waals surface area contributed by atoms with E-state index in [4.69, 9.17) is 62.7 Å². The van der Waals surface area contributed by atoms with Gasteiger partial charge < -0.3 is 45.5 Å². The minimum Gasteiger partial charge on any atom is -0.480 e. The van der Waals surface area contributed by atoms with Crippen molar-refractivity contribution >= 4 is 126 Å². The third-order valence-corrected chi connectivity index (χ3v) is 22.5. The van der Waals surface area contributed by atoms with Gasteiger partial charge in [0.2, 0.25) is 0 Å². The number of nitrogens with one attached hydrogen (secondary N) is 3. The maximum atomic E-state index is 14.6. The molecule has 4 unspecified atom stereocenters. The molecule has 3 fully saturated rings. The summed E-state index contributed by atoms with van der Waals surface area (Å²) in [6.07, 6.45) is 2.97. The summed E-state index contributed by atoms with van der Waals surface area (Å²) in [6, 6.07) is 7.05. The van der Waals surface area contributed by atoms with E-state index in [1.807, 2.05) is 4.90 Å². The fourth-order valence-corrected chi connectivity index (χ4v) is 17.1. The second-order valence-corrected chi connectivity index (χ2v) is 32.1. The Morgan fingerprint density at radius 1 is 0.526 bits per heavy atom. The highest BCUT2D eigenvalue weighted by Gasteiger charge is 2.49. The number of hydrogen-bond acceptors (Lipinski definition) is 27. The Kier molecular flexibility index (Phi) is 31.0. The molecule has 116 heavy (non-hydrogen) atoms. The number of nitrogens with zero attached hydrogens (tertiary/aromatic N) is 12. The first kappa shape index (κ1) is 89.6. The number of esters is 3. The number of benzene rings is 3. The van der Waals surface area contributed by atoms with Gasteiger partial charge in [-0.3, -0.25) is 58.8 Å². The largest absolute Gasteiger partial charge is 0.480 e. The number of carbonyl (C=O) groups is 6. The summed E-state index contributed by atoms with van der Waals surface area (Å²) in [5.41, 5.74) is 2.58. The molecular formula is C75H82BrCl2F8N15O12S3. The van der Waals surface area contributed by atoms with Crippen molar-refractivity contribution in [3.63, 3.8) is 0 Å². The summed E-state index contributed by atoms with van der Waals surface area (Å²) in [4.78, 5) is 110. The van der Waals surface area contributed by atoms with Gasteiger partial charge in [-0.15, -0.1) is 34.0 Å². The Bertz CT molecular complexity index is 4550. The van der Waals surface area contributed by atoms with E-state index in [1.165, 1.54) is 96.1 Å². The number of hydrogen-bond donors (Lipinski definition) is 6. The molecule has 0 amide bonds. The number of thiazole rings is 3. The number of likely N-dealkylation sites (N-methyl/N-ethyl adjacent to an activating group) is 3. The van der Waals surface area contributed by atoms with Gasteiger partial charge in [-0.25, -0.2) is 64.5 Å². The Balaban J connectivity index is 0.000000184. The van der Waals surface area contributed by atoms with Gasteiger partial charge in [-0.1, -0.05) is 57.3 Å². The van der Waals surface area contributed by atoms with Crippen LogP contribution >= 0.6 is 73.1 Å². The molecule has 12 rings (SSSR count). The topological polar surface area (TPSA) is 322 Å². The van der Waals surface area contributed by atoms with E-state index < -0.39 is 127 Å². The third-order valence-electron chi connectivity index (χ3n) is 18.9. The fourth-order valence-electron chi connectivity index (χ4n) is 14.2. The molecule has 41 heteroatoms. The lowest BCUT2D eigenvalue weighted by atomic mass is 9.95. The predicted octanol–water partition coefficient (Wildman–Crippen LogP) is 10.5.